The molecule has 3 N–H and O–H groups in total. The minimum Gasteiger partial charge on any atom is -0.444 e. The molecule has 28 heavy (non-hydrogen) atoms. The molecule has 0 unspecified atom stereocenters. The molecule has 1 aromatic carbocycles. The van der Waals surface area contributed by atoms with Gasteiger partial charge in [-0.25, -0.2) is 4.79 Å². The number of nitrogens with zero attached hydrogens (tertiary/aromatic N) is 1. The normalized spacial score (nSPS) is 16.5. The molecule has 6 nitrogen and oxygen atoms in total. The van der Waals surface area contributed by atoms with Gasteiger partial charge in [-0.1, -0.05) is 30.3 Å². The largest absolute Gasteiger partial charge is 0.444 e. The molecule has 156 valence electrons. The Bertz CT molecular complexity index is 632. The molecule has 0 saturated carbocycles. The van der Waals surface area contributed by atoms with Crippen molar-refractivity contribution < 1.29 is 14.3 Å². The minimum atomic E-state index is -0.535. The van der Waals surface area contributed by atoms with Gasteiger partial charge in [-0.15, -0.1) is 0 Å². The van der Waals surface area contributed by atoms with E-state index in [1.54, 1.807) is 0 Å². The first kappa shape index (κ1) is 22.2. The van der Waals surface area contributed by atoms with Crippen molar-refractivity contribution in [1.29, 1.82) is 0 Å². The average molecular weight is 390 g/mol. The van der Waals surface area contributed by atoms with Crippen molar-refractivity contribution in [3.63, 3.8) is 0 Å². The third-order valence-electron chi connectivity index (χ3n) is 5.40. The standard InChI is InChI=1S/C22H35N3O3/c1-21(2,3)28-20(27)24-14-10-19(26)25-15-12-22(17-23,13-16-25)11-9-18-7-5-4-6-8-18/h4-8H,9-17,23H2,1-3H3,(H,24,27). The first-order chi connectivity index (χ1) is 13.2. The van der Waals surface area contributed by atoms with Gasteiger partial charge in [0, 0.05) is 26.1 Å². The van der Waals surface area contributed by atoms with Crippen LogP contribution in [-0.4, -0.2) is 48.7 Å². The van der Waals surface area contributed by atoms with Crippen LogP contribution in [0.4, 0.5) is 4.79 Å². The molecule has 0 radical (unpaired) electrons. The molecule has 0 bridgehead atoms. The zero-order valence-electron chi connectivity index (χ0n) is 17.5. The zero-order valence-corrected chi connectivity index (χ0v) is 17.5. The number of benzene rings is 1. The van der Waals surface area contributed by atoms with Gasteiger partial charge in [-0.2, -0.15) is 0 Å². The van der Waals surface area contributed by atoms with Crippen molar-refractivity contribution in [3.05, 3.63) is 35.9 Å². The number of nitrogens with one attached hydrogen (secondary N) is 1. The lowest BCUT2D eigenvalue weighted by atomic mass is 9.74. The van der Waals surface area contributed by atoms with Gasteiger partial charge < -0.3 is 20.7 Å². The first-order valence-corrected chi connectivity index (χ1v) is 10.2. The Kier molecular flexibility index (Phi) is 7.87. The van der Waals surface area contributed by atoms with Crippen molar-refractivity contribution >= 4 is 12.0 Å². The second-order valence-corrected chi connectivity index (χ2v) is 8.75. The van der Waals surface area contributed by atoms with Crippen LogP contribution >= 0.6 is 0 Å². The van der Waals surface area contributed by atoms with Crippen molar-refractivity contribution in [2.75, 3.05) is 26.2 Å². The fourth-order valence-corrected chi connectivity index (χ4v) is 3.58. The highest BCUT2D eigenvalue weighted by molar-refractivity contribution is 5.77. The van der Waals surface area contributed by atoms with Gasteiger partial charge in [-0.3, -0.25) is 4.79 Å². The van der Waals surface area contributed by atoms with Gasteiger partial charge in [-0.05, 0) is 64.0 Å². The number of aryl methyl sites for hydroxylation is 1. The molecular weight excluding hydrogens is 354 g/mol. The summed E-state index contributed by atoms with van der Waals surface area (Å²) in [6, 6.07) is 10.5. The molecule has 2 rings (SSSR count). The van der Waals surface area contributed by atoms with E-state index in [1.807, 2.05) is 31.7 Å². The lowest BCUT2D eigenvalue weighted by Gasteiger charge is -2.41. The molecule has 0 atom stereocenters. The van der Waals surface area contributed by atoms with E-state index in [-0.39, 0.29) is 11.3 Å². The molecule has 1 aliphatic rings. The highest BCUT2D eigenvalue weighted by atomic mass is 16.6. The molecule has 1 aliphatic heterocycles. The number of rotatable bonds is 7. The number of likely N-dealkylation sites (tertiary alicyclic amines) is 1. The van der Waals surface area contributed by atoms with Gasteiger partial charge in [0.15, 0.2) is 0 Å². The number of carbonyl (C=O) groups is 2. The summed E-state index contributed by atoms with van der Waals surface area (Å²) in [7, 11) is 0. The molecule has 1 fully saturated rings. The van der Waals surface area contributed by atoms with E-state index in [9.17, 15) is 9.59 Å². The monoisotopic (exact) mass is 389 g/mol. The predicted molar refractivity (Wildman–Crippen MR) is 111 cm³/mol. The number of amides is 2. The summed E-state index contributed by atoms with van der Waals surface area (Å²) < 4.78 is 5.18. The Morgan fingerprint density at radius 1 is 1.18 bits per heavy atom. The van der Waals surface area contributed by atoms with Crippen LogP contribution in [-0.2, 0) is 16.0 Å². The third-order valence-corrected chi connectivity index (χ3v) is 5.40. The molecule has 0 aromatic heterocycles. The van der Waals surface area contributed by atoms with Crippen LogP contribution in [0.5, 0.6) is 0 Å². The molecular formula is C22H35N3O3. The molecule has 0 spiro atoms. The van der Waals surface area contributed by atoms with Crippen LogP contribution in [0.1, 0.15) is 52.0 Å². The lowest BCUT2D eigenvalue weighted by Crippen LogP contribution is -2.47. The van der Waals surface area contributed by atoms with Crippen molar-refractivity contribution in [1.82, 2.24) is 10.2 Å². The SMILES string of the molecule is CC(C)(C)OC(=O)NCCC(=O)N1CCC(CN)(CCc2ccccc2)CC1. The molecule has 0 aliphatic carbocycles. The quantitative estimate of drug-likeness (QED) is 0.750. The summed E-state index contributed by atoms with van der Waals surface area (Å²) in [5, 5.41) is 2.65. The molecule has 2 amide bonds. The fourth-order valence-electron chi connectivity index (χ4n) is 3.58. The van der Waals surface area contributed by atoms with Crippen LogP contribution in [0, 0.1) is 5.41 Å². The molecule has 1 saturated heterocycles. The average Bonchev–Trinajstić information content (AvgIpc) is 2.66. The van der Waals surface area contributed by atoms with E-state index in [0.29, 0.717) is 19.5 Å². The fraction of sp³-hybridized carbons (Fsp3) is 0.636. The number of alkyl carbamates (subject to hydrolysis) is 1. The predicted octanol–water partition coefficient (Wildman–Crippen LogP) is 3.10. The minimum absolute atomic E-state index is 0.0738. The summed E-state index contributed by atoms with van der Waals surface area (Å²) in [6.45, 7) is 7.85. The van der Waals surface area contributed by atoms with Crippen LogP contribution in [0.25, 0.3) is 0 Å². The Morgan fingerprint density at radius 3 is 2.39 bits per heavy atom. The number of nitrogens with two attached hydrogens (primary N) is 1. The van der Waals surface area contributed by atoms with E-state index >= 15 is 0 Å². The van der Waals surface area contributed by atoms with Crippen LogP contribution in [0.3, 0.4) is 0 Å². The molecule has 6 heteroatoms. The van der Waals surface area contributed by atoms with Gasteiger partial charge in [0.25, 0.3) is 0 Å². The Hall–Kier alpha value is -2.08. The second-order valence-electron chi connectivity index (χ2n) is 8.75. The van der Waals surface area contributed by atoms with Crippen molar-refractivity contribution in [3.8, 4) is 0 Å². The number of hydrogen-bond acceptors (Lipinski definition) is 4. The van der Waals surface area contributed by atoms with Crippen LogP contribution in [0.15, 0.2) is 30.3 Å². The van der Waals surface area contributed by atoms with E-state index in [4.69, 9.17) is 10.5 Å². The third kappa shape index (κ3) is 7.15. The smallest absolute Gasteiger partial charge is 0.407 e. The van der Waals surface area contributed by atoms with Gasteiger partial charge in [0.1, 0.15) is 5.60 Å². The van der Waals surface area contributed by atoms with E-state index < -0.39 is 11.7 Å². The number of carbonyl (C=O) groups excluding carboxylic acids is 2. The molecule has 1 heterocycles. The maximum atomic E-state index is 12.4. The number of ether oxygens (including phenoxy) is 1. The lowest BCUT2D eigenvalue weighted by molar-refractivity contribution is -0.133. The highest BCUT2D eigenvalue weighted by Crippen LogP contribution is 2.35. The second kappa shape index (κ2) is 9.92. The summed E-state index contributed by atoms with van der Waals surface area (Å²) in [5.41, 5.74) is 7.04. The Labute approximate surface area is 168 Å². The summed E-state index contributed by atoms with van der Waals surface area (Å²) in [6.07, 6.45) is 3.74. The maximum absolute atomic E-state index is 12.4. The van der Waals surface area contributed by atoms with Gasteiger partial charge in [0.05, 0.1) is 0 Å². The van der Waals surface area contributed by atoms with Crippen LogP contribution in [0.2, 0.25) is 0 Å². The van der Waals surface area contributed by atoms with E-state index in [2.05, 4.69) is 29.6 Å². The van der Waals surface area contributed by atoms with E-state index in [0.717, 1.165) is 38.8 Å². The van der Waals surface area contributed by atoms with Crippen LogP contribution < -0.4 is 11.1 Å². The first-order valence-electron chi connectivity index (χ1n) is 10.2. The number of piperidine rings is 1. The highest BCUT2D eigenvalue weighted by Gasteiger charge is 2.34. The maximum Gasteiger partial charge on any atom is 0.407 e. The summed E-state index contributed by atoms with van der Waals surface area (Å²) in [5.74, 6) is 0.0738. The summed E-state index contributed by atoms with van der Waals surface area (Å²) >= 11 is 0. The summed E-state index contributed by atoms with van der Waals surface area (Å²) in [4.78, 5) is 26.0. The Balaban J connectivity index is 1.73. The van der Waals surface area contributed by atoms with Crippen molar-refractivity contribution in [2.24, 2.45) is 11.1 Å². The molecule has 1 aromatic rings. The van der Waals surface area contributed by atoms with Crippen molar-refractivity contribution in [2.45, 2.75) is 58.5 Å². The van der Waals surface area contributed by atoms with E-state index in [1.165, 1.54) is 5.56 Å². The topological polar surface area (TPSA) is 84.7 Å². The zero-order chi connectivity index (χ0) is 20.6. The van der Waals surface area contributed by atoms with Gasteiger partial charge in [0.2, 0.25) is 5.91 Å². The Morgan fingerprint density at radius 2 is 1.82 bits per heavy atom. The number of hydrogen-bond donors (Lipinski definition) is 2. The van der Waals surface area contributed by atoms with Gasteiger partial charge >= 0.3 is 6.09 Å².